The SMILES string of the molecule is C1=NCCC(C2CCCCC2)=C1c1cccc(OCc2ccccc2)c1. The van der Waals surface area contributed by atoms with Crippen molar-refractivity contribution in [3.8, 4) is 5.75 Å². The summed E-state index contributed by atoms with van der Waals surface area (Å²) in [5, 5.41) is 0. The van der Waals surface area contributed by atoms with E-state index in [1.807, 2.05) is 12.1 Å². The first-order valence-corrected chi connectivity index (χ1v) is 9.90. The van der Waals surface area contributed by atoms with E-state index in [2.05, 4.69) is 53.7 Å². The first kappa shape index (κ1) is 17.1. The Morgan fingerprint density at radius 3 is 2.62 bits per heavy atom. The molecule has 2 aliphatic rings. The average molecular weight is 345 g/mol. The van der Waals surface area contributed by atoms with Crippen LogP contribution in [0, 0.1) is 5.92 Å². The van der Waals surface area contributed by atoms with Crippen LogP contribution in [0.15, 0.2) is 65.2 Å². The minimum absolute atomic E-state index is 0.604. The molecular weight excluding hydrogens is 318 g/mol. The zero-order valence-corrected chi connectivity index (χ0v) is 15.4. The molecule has 2 aromatic carbocycles. The van der Waals surface area contributed by atoms with Gasteiger partial charge >= 0.3 is 0 Å². The predicted molar refractivity (Wildman–Crippen MR) is 109 cm³/mol. The molecule has 0 atom stereocenters. The topological polar surface area (TPSA) is 21.6 Å². The first-order valence-electron chi connectivity index (χ1n) is 9.90. The Balaban J connectivity index is 1.55. The summed E-state index contributed by atoms with van der Waals surface area (Å²) in [6.07, 6.45) is 10.1. The van der Waals surface area contributed by atoms with Gasteiger partial charge in [-0.1, -0.05) is 67.3 Å². The molecule has 1 saturated carbocycles. The van der Waals surface area contributed by atoms with Crippen molar-refractivity contribution in [2.24, 2.45) is 10.9 Å². The van der Waals surface area contributed by atoms with Crippen molar-refractivity contribution >= 4 is 11.8 Å². The second kappa shape index (κ2) is 8.35. The maximum Gasteiger partial charge on any atom is 0.120 e. The smallest absolute Gasteiger partial charge is 0.120 e. The van der Waals surface area contributed by atoms with Gasteiger partial charge in [0, 0.05) is 12.8 Å². The van der Waals surface area contributed by atoms with Crippen LogP contribution in [0.3, 0.4) is 0 Å². The molecule has 0 N–H and O–H groups in total. The van der Waals surface area contributed by atoms with E-state index in [4.69, 9.17) is 4.74 Å². The summed E-state index contributed by atoms with van der Waals surface area (Å²) < 4.78 is 6.04. The van der Waals surface area contributed by atoms with Crippen molar-refractivity contribution in [2.75, 3.05) is 6.54 Å². The van der Waals surface area contributed by atoms with Crippen molar-refractivity contribution in [1.82, 2.24) is 0 Å². The lowest BCUT2D eigenvalue weighted by molar-refractivity contribution is 0.306. The molecule has 26 heavy (non-hydrogen) atoms. The summed E-state index contributed by atoms with van der Waals surface area (Å²) in [7, 11) is 0. The van der Waals surface area contributed by atoms with Gasteiger partial charge < -0.3 is 4.74 Å². The highest BCUT2D eigenvalue weighted by molar-refractivity contribution is 6.11. The number of hydrogen-bond acceptors (Lipinski definition) is 2. The van der Waals surface area contributed by atoms with E-state index in [9.17, 15) is 0 Å². The quantitative estimate of drug-likeness (QED) is 0.644. The van der Waals surface area contributed by atoms with Gasteiger partial charge in [0.15, 0.2) is 0 Å². The zero-order chi connectivity index (χ0) is 17.6. The Kier molecular flexibility index (Phi) is 5.49. The van der Waals surface area contributed by atoms with E-state index in [-0.39, 0.29) is 0 Å². The van der Waals surface area contributed by atoms with Crippen molar-refractivity contribution < 1.29 is 4.74 Å². The Morgan fingerprint density at radius 1 is 0.923 bits per heavy atom. The lowest BCUT2D eigenvalue weighted by Crippen LogP contribution is -2.14. The highest BCUT2D eigenvalue weighted by Gasteiger charge is 2.22. The summed E-state index contributed by atoms with van der Waals surface area (Å²) in [5.74, 6) is 1.68. The van der Waals surface area contributed by atoms with E-state index in [0.29, 0.717) is 6.61 Å². The van der Waals surface area contributed by atoms with Crippen molar-refractivity contribution in [1.29, 1.82) is 0 Å². The zero-order valence-electron chi connectivity index (χ0n) is 15.4. The molecule has 1 fully saturated rings. The highest BCUT2D eigenvalue weighted by atomic mass is 16.5. The Hall–Kier alpha value is -2.35. The van der Waals surface area contributed by atoms with E-state index in [0.717, 1.165) is 24.6 Å². The number of ether oxygens (including phenoxy) is 1. The molecule has 1 heterocycles. The molecule has 0 saturated heterocycles. The van der Waals surface area contributed by atoms with Gasteiger partial charge in [-0.25, -0.2) is 0 Å². The van der Waals surface area contributed by atoms with Gasteiger partial charge in [-0.05, 0) is 54.0 Å². The summed E-state index contributed by atoms with van der Waals surface area (Å²) in [5.41, 5.74) is 5.41. The Morgan fingerprint density at radius 2 is 1.77 bits per heavy atom. The fourth-order valence-electron chi connectivity index (χ4n) is 4.19. The standard InChI is InChI=1S/C24H27NO/c1-3-8-19(9-4-1)18-26-22-13-7-12-21(16-22)24-17-25-15-14-23(24)20-10-5-2-6-11-20/h1,3-4,7-9,12-13,16-17,20H,2,5-6,10-11,14-15,18H2. The minimum Gasteiger partial charge on any atom is -0.489 e. The molecular formula is C24H27NO. The number of benzene rings is 2. The molecule has 2 heteroatoms. The molecule has 2 nitrogen and oxygen atoms in total. The van der Waals surface area contributed by atoms with Gasteiger partial charge in [-0.15, -0.1) is 0 Å². The summed E-state index contributed by atoms with van der Waals surface area (Å²) in [4.78, 5) is 4.58. The van der Waals surface area contributed by atoms with Crippen molar-refractivity contribution in [3.63, 3.8) is 0 Å². The molecule has 134 valence electrons. The fraction of sp³-hybridized carbons (Fsp3) is 0.375. The van der Waals surface area contributed by atoms with Gasteiger partial charge in [0.1, 0.15) is 12.4 Å². The van der Waals surface area contributed by atoms with Crippen LogP contribution in [0.25, 0.3) is 5.57 Å². The monoisotopic (exact) mass is 345 g/mol. The van der Waals surface area contributed by atoms with Gasteiger partial charge in [0.05, 0.1) is 0 Å². The lowest BCUT2D eigenvalue weighted by atomic mass is 9.79. The van der Waals surface area contributed by atoms with Crippen molar-refractivity contribution in [2.45, 2.75) is 45.1 Å². The Labute approximate surface area is 156 Å². The predicted octanol–water partition coefficient (Wildman–Crippen LogP) is 6.07. The number of allylic oxidation sites excluding steroid dienone is 1. The fourth-order valence-corrected chi connectivity index (χ4v) is 4.19. The van der Waals surface area contributed by atoms with Gasteiger partial charge in [-0.2, -0.15) is 0 Å². The second-order valence-corrected chi connectivity index (χ2v) is 7.36. The molecule has 0 bridgehead atoms. The lowest BCUT2D eigenvalue weighted by Gasteiger charge is -2.28. The summed E-state index contributed by atoms with van der Waals surface area (Å²) >= 11 is 0. The van der Waals surface area contributed by atoms with E-state index in [1.54, 1.807) is 5.57 Å². The van der Waals surface area contributed by atoms with E-state index in [1.165, 1.54) is 48.8 Å². The average Bonchev–Trinajstić information content (AvgIpc) is 2.74. The molecule has 1 aliphatic heterocycles. The van der Waals surface area contributed by atoms with E-state index < -0.39 is 0 Å². The second-order valence-electron chi connectivity index (χ2n) is 7.36. The summed E-state index contributed by atoms with van der Waals surface area (Å²) in [6, 6.07) is 18.9. The molecule has 0 amide bonds. The first-order chi connectivity index (χ1) is 12.9. The Bertz CT molecular complexity index is 785. The van der Waals surface area contributed by atoms with Crippen LogP contribution in [0.2, 0.25) is 0 Å². The van der Waals surface area contributed by atoms with Crippen LogP contribution in [0.1, 0.15) is 49.7 Å². The van der Waals surface area contributed by atoms with Crippen LogP contribution in [-0.4, -0.2) is 12.8 Å². The molecule has 0 spiro atoms. The largest absolute Gasteiger partial charge is 0.489 e. The maximum atomic E-state index is 6.04. The molecule has 2 aromatic rings. The third-order valence-electron chi connectivity index (χ3n) is 5.57. The number of aliphatic imine (C=N–C) groups is 1. The van der Waals surface area contributed by atoms with Crippen LogP contribution in [-0.2, 0) is 6.61 Å². The molecule has 4 rings (SSSR count). The third-order valence-corrected chi connectivity index (χ3v) is 5.57. The van der Waals surface area contributed by atoms with Gasteiger partial charge in [0.2, 0.25) is 0 Å². The van der Waals surface area contributed by atoms with Crippen LogP contribution >= 0.6 is 0 Å². The number of rotatable bonds is 5. The van der Waals surface area contributed by atoms with E-state index >= 15 is 0 Å². The van der Waals surface area contributed by atoms with Crippen LogP contribution < -0.4 is 4.74 Å². The van der Waals surface area contributed by atoms with Gasteiger partial charge in [-0.3, -0.25) is 4.99 Å². The highest BCUT2D eigenvalue weighted by Crippen LogP contribution is 2.37. The normalized spacial score (nSPS) is 18.2. The number of nitrogens with zero attached hydrogens (tertiary/aromatic N) is 1. The molecule has 0 unspecified atom stereocenters. The molecule has 1 aliphatic carbocycles. The minimum atomic E-state index is 0.604. The molecule has 0 aromatic heterocycles. The van der Waals surface area contributed by atoms with Crippen LogP contribution in [0.4, 0.5) is 0 Å². The van der Waals surface area contributed by atoms with Crippen molar-refractivity contribution in [3.05, 3.63) is 71.3 Å². The maximum absolute atomic E-state index is 6.04. The molecule has 0 radical (unpaired) electrons. The summed E-state index contributed by atoms with van der Waals surface area (Å²) in [6.45, 7) is 1.55. The number of dihydropyridines is 1. The number of hydrogen-bond donors (Lipinski definition) is 0. The third kappa shape index (κ3) is 4.07. The van der Waals surface area contributed by atoms with Gasteiger partial charge in [0.25, 0.3) is 0 Å². The van der Waals surface area contributed by atoms with Crippen LogP contribution in [0.5, 0.6) is 5.75 Å².